The Hall–Kier alpha value is -1.06. The number of hydrogen-bond acceptors (Lipinski definition) is 2. The van der Waals surface area contributed by atoms with E-state index in [-0.39, 0.29) is 17.9 Å². The molecular formula is C11H21NO3. The van der Waals surface area contributed by atoms with Crippen molar-refractivity contribution in [3.05, 3.63) is 0 Å². The molecule has 0 aromatic carbocycles. The van der Waals surface area contributed by atoms with Crippen LogP contribution in [-0.2, 0) is 9.59 Å². The van der Waals surface area contributed by atoms with Gasteiger partial charge in [0.15, 0.2) is 0 Å². The Balaban J connectivity index is 4.35. The number of carbonyl (C=O) groups excluding carboxylic acids is 1. The summed E-state index contributed by atoms with van der Waals surface area (Å²) in [7, 11) is 0. The summed E-state index contributed by atoms with van der Waals surface area (Å²) in [5.74, 6) is -1.03. The summed E-state index contributed by atoms with van der Waals surface area (Å²) in [6.45, 7) is 8.16. The van der Waals surface area contributed by atoms with Crippen LogP contribution < -0.4 is 0 Å². The average molecular weight is 215 g/mol. The smallest absolute Gasteiger partial charge is 0.323 e. The summed E-state index contributed by atoms with van der Waals surface area (Å²) in [5.41, 5.74) is -0.0957. The molecule has 0 aliphatic carbocycles. The zero-order chi connectivity index (χ0) is 12.1. The molecule has 4 heteroatoms. The molecule has 0 fully saturated rings. The van der Waals surface area contributed by atoms with Gasteiger partial charge in [-0.1, -0.05) is 27.7 Å². The van der Waals surface area contributed by atoms with Gasteiger partial charge in [-0.2, -0.15) is 0 Å². The maximum Gasteiger partial charge on any atom is 0.323 e. The maximum absolute atomic E-state index is 11.7. The van der Waals surface area contributed by atoms with Crippen molar-refractivity contribution in [2.45, 2.75) is 40.5 Å². The second-order valence-corrected chi connectivity index (χ2v) is 4.95. The second kappa shape index (κ2) is 5.73. The third-order valence-corrected chi connectivity index (χ3v) is 1.85. The first kappa shape index (κ1) is 13.9. The van der Waals surface area contributed by atoms with Crippen LogP contribution in [0.1, 0.15) is 40.5 Å². The first-order chi connectivity index (χ1) is 6.76. The second-order valence-electron chi connectivity index (χ2n) is 4.95. The van der Waals surface area contributed by atoms with Crippen LogP contribution in [0.5, 0.6) is 0 Å². The summed E-state index contributed by atoms with van der Waals surface area (Å²) in [5, 5.41) is 8.66. The first-order valence-electron chi connectivity index (χ1n) is 5.26. The monoisotopic (exact) mass is 215 g/mol. The van der Waals surface area contributed by atoms with Gasteiger partial charge >= 0.3 is 5.97 Å². The summed E-state index contributed by atoms with van der Waals surface area (Å²) in [6.07, 6.45) is 1.17. The highest BCUT2D eigenvalue weighted by Gasteiger charge is 2.21. The quantitative estimate of drug-likeness (QED) is 0.760. The van der Waals surface area contributed by atoms with E-state index in [1.807, 2.05) is 27.7 Å². The van der Waals surface area contributed by atoms with E-state index in [1.54, 1.807) is 0 Å². The van der Waals surface area contributed by atoms with Crippen LogP contribution in [0, 0.1) is 5.41 Å². The van der Waals surface area contributed by atoms with Crippen LogP contribution in [0.3, 0.4) is 0 Å². The Kier molecular flexibility index (Phi) is 5.33. The summed E-state index contributed by atoms with van der Waals surface area (Å²) >= 11 is 0. The van der Waals surface area contributed by atoms with Gasteiger partial charge in [0.05, 0.1) is 0 Å². The number of hydrogen-bond donors (Lipinski definition) is 1. The largest absolute Gasteiger partial charge is 0.480 e. The van der Waals surface area contributed by atoms with Crippen LogP contribution in [-0.4, -0.2) is 35.0 Å². The molecule has 0 spiro atoms. The number of carboxylic acid groups (broad SMARTS) is 1. The molecule has 0 saturated heterocycles. The molecule has 1 amide bonds. The van der Waals surface area contributed by atoms with Crippen LogP contribution >= 0.6 is 0 Å². The minimum Gasteiger partial charge on any atom is -0.480 e. The molecule has 0 bridgehead atoms. The van der Waals surface area contributed by atoms with Crippen molar-refractivity contribution in [2.75, 3.05) is 13.1 Å². The zero-order valence-electron chi connectivity index (χ0n) is 10.0. The zero-order valence-corrected chi connectivity index (χ0v) is 10.0. The van der Waals surface area contributed by atoms with Crippen molar-refractivity contribution in [3.8, 4) is 0 Å². The van der Waals surface area contributed by atoms with E-state index in [1.165, 1.54) is 4.90 Å². The predicted molar refractivity (Wildman–Crippen MR) is 58.6 cm³/mol. The van der Waals surface area contributed by atoms with Crippen molar-refractivity contribution in [1.82, 2.24) is 4.90 Å². The third-order valence-electron chi connectivity index (χ3n) is 1.85. The van der Waals surface area contributed by atoms with Crippen LogP contribution in [0.4, 0.5) is 0 Å². The molecule has 0 heterocycles. The number of carbonyl (C=O) groups is 2. The van der Waals surface area contributed by atoms with Gasteiger partial charge in [0.1, 0.15) is 6.54 Å². The van der Waals surface area contributed by atoms with Crippen LogP contribution in [0.2, 0.25) is 0 Å². The Morgan fingerprint density at radius 1 is 1.27 bits per heavy atom. The topological polar surface area (TPSA) is 57.6 Å². The number of nitrogens with zero attached hydrogens (tertiary/aromatic N) is 1. The lowest BCUT2D eigenvalue weighted by atomic mass is 9.91. The van der Waals surface area contributed by atoms with Crippen molar-refractivity contribution in [2.24, 2.45) is 5.41 Å². The Morgan fingerprint density at radius 2 is 1.80 bits per heavy atom. The highest BCUT2D eigenvalue weighted by molar-refractivity contribution is 5.81. The van der Waals surface area contributed by atoms with E-state index in [9.17, 15) is 9.59 Å². The molecule has 0 radical (unpaired) electrons. The van der Waals surface area contributed by atoms with E-state index in [0.717, 1.165) is 6.42 Å². The molecule has 0 aliphatic rings. The molecule has 0 aromatic rings. The lowest BCUT2D eigenvalue weighted by Gasteiger charge is -2.25. The summed E-state index contributed by atoms with van der Waals surface area (Å²) in [6, 6.07) is 0. The molecule has 0 aromatic heterocycles. The summed E-state index contributed by atoms with van der Waals surface area (Å²) in [4.78, 5) is 23.7. The maximum atomic E-state index is 11.7. The third kappa shape index (κ3) is 6.94. The number of amides is 1. The van der Waals surface area contributed by atoms with E-state index < -0.39 is 5.97 Å². The van der Waals surface area contributed by atoms with Crippen molar-refractivity contribution in [1.29, 1.82) is 0 Å². The van der Waals surface area contributed by atoms with E-state index in [2.05, 4.69) is 0 Å². The molecule has 4 nitrogen and oxygen atoms in total. The SMILES string of the molecule is CCCN(CC(=O)O)C(=O)CC(C)(C)C. The fraction of sp³-hybridized carbons (Fsp3) is 0.818. The highest BCUT2D eigenvalue weighted by Crippen LogP contribution is 2.19. The molecule has 0 saturated carbocycles. The van der Waals surface area contributed by atoms with E-state index in [0.29, 0.717) is 13.0 Å². The standard InChI is InChI=1S/C11H21NO3/c1-5-6-12(8-10(14)15)9(13)7-11(2,3)4/h5-8H2,1-4H3,(H,14,15). The van der Waals surface area contributed by atoms with Gasteiger partial charge < -0.3 is 10.0 Å². The highest BCUT2D eigenvalue weighted by atomic mass is 16.4. The van der Waals surface area contributed by atoms with Gasteiger partial charge in [-0.05, 0) is 11.8 Å². The molecule has 15 heavy (non-hydrogen) atoms. The molecule has 0 unspecified atom stereocenters. The van der Waals surface area contributed by atoms with E-state index >= 15 is 0 Å². The van der Waals surface area contributed by atoms with Crippen molar-refractivity contribution >= 4 is 11.9 Å². The molecule has 88 valence electrons. The van der Waals surface area contributed by atoms with E-state index in [4.69, 9.17) is 5.11 Å². The lowest BCUT2D eigenvalue weighted by molar-refractivity contribution is -0.145. The Morgan fingerprint density at radius 3 is 2.13 bits per heavy atom. The molecule has 0 aliphatic heterocycles. The predicted octanol–water partition coefficient (Wildman–Crippen LogP) is 1.75. The lowest BCUT2D eigenvalue weighted by Crippen LogP contribution is -2.38. The van der Waals surface area contributed by atoms with Gasteiger partial charge in [-0.15, -0.1) is 0 Å². The minimum absolute atomic E-state index is 0.0771. The normalized spacial score (nSPS) is 11.2. The van der Waals surface area contributed by atoms with Crippen molar-refractivity contribution in [3.63, 3.8) is 0 Å². The first-order valence-corrected chi connectivity index (χ1v) is 5.26. The molecular weight excluding hydrogens is 194 g/mol. The number of aliphatic carboxylic acids is 1. The molecule has 0 rings (SSSR count). The Bertz CT molecular complexity index is 230. The Labute approximate surface area is 91.3 Å². The fourth-order valence-corrected chi connectivity index (χ4v) is 1.29. The van der Waals surface area contributed by atoms with Crippen LogP contribution in [0.25, 0.3) is 0 Å². The van der Waals surface area contributed by atoms with Crippen molar-refractivity contribution < 1.29 is 14.7 Å². The summed E-state index contributed by atoms with van der Waals surface area (Å²) < 4.78 is 0. The van der Waals surface area contributed by atoms with Gasteiger partial charge in [0, 0.05) is 13.0 Å². The fourth-order valence-electron chi connectivity index (χ4n) is 1.29. The molecule has 1 N–H and O–H groups in total. The van der Waals surface area contributed by atoms with Gasteiger partial charge in [-0.25, -0.2) is 0 Å². The molecule has 0 atom stereocenters. The van der Waals surface area contributed by atoms with Gasteiger partial charge in [-0.3, -0.25) is 9.59 Å². The minimum atomic E-state index is -0.953. The number of rotatable bonds is 5. The van der Waals surface area contributed by atoms with Gasteiger partial charge in [0.25, 0.3) is 0 Å². The number of carboxylic acids is 1. The average Bonchev–Trinajstić information content (AvgIpc) is 1.99. The van der Waals surface area contributed by atoms with Gasteiger partial charge in [0.2, 0.25) is 5.91 Å². The van der Waals surface area contributed by atoms with Crippen LogP contribution in [0.15, 0.2) is 0 Å².